The minimum atomic E-state index is -0.840. The molecule has 3 amide bonds. The van der Waals surface area contributed by atoms with Crippen molar-refractivity contribution in [3.63, 3.8) is 0 Å². The number of aromatic amines is 1. The van der Waals surface area contributed by atoms with Gasteiger partial charge in [-0.25, -0.2) is 4.39 Å². The fraction of sp³-hybridized carbons (Fsp3) is 0.586. The van der Waals surface area contributed by atoms with E-state index in [1.54, 1.807) is 24.0 Å². The molecule has 10 heteroatoms. The number of amides is 3. The highest BCUT2D eigenvalue weighted by Gasteiger charge is 2.53. The highest BCUT2D eigenvalue weighted by atomic mass is 35.5. The number of hydrogen-bond acceptors (Lipinski definition) is 4. The number of aromatic nitrogens is 1. The van der Waals surface area contributed by atoms with E-state index < -0.39 is 41.2 Å². The molecule has 212 valence electrons. The van der Waals surface area contributed by atoms with E-state index in [9.17, 15) is 23.6 Å². The molecule has 4 atom stereocenters. The monoisotopic (exact) mass is 560 g/mol. The molecule has 2 fully saturated rings. The van der Waals surface area contributed by atoms with Crippen LogP contribution in [0.15, 0.2) is 24.3 Å². The fourth-order valence-electron chi connectivity index (χ4n) is 5.98. The predicted octanol–water partition coefficient (Wildman–Crippen LogP) is 4.17. The van der Waals surface area contributed by atoms with Gasteiger partial charge in [-0.05, 0) is 55.2 Å². The van der Waals surface area contributed by atoms with Gasteiger partial charge in [0.25, 0.3) is 5.91 Å². The normalized spacial score (nSPS) is 22.9. The summed E-state index contributed by atoms with van der Waals surface area (Å²) in [5.41, 5.74) is 0.0916. The molecule has 3 N–H and O–H groups in total. The van der Waals surface area contributed by atoms with Gasteiger partial charge in [0.05, 0.1) is 11.9 Å². The highest BCUT2D eigenvalue weighted by molar-refractivity contribution is 6.28. The molecule has 4 rings (SSSR count). The zero-order valence-corrected chi connectivity index (χ0v) is 23.7. The third-order valence-corrected chi connectivity index (χ3v) is 9.05. The highest BCUT2D eigenvalue weighted by Crippen LogP contribution is 2.42. The molecule has 2 aromatic rings. The fourth-order valence-corrected chi connectivity index (χ4v) is 6.21. The summed E-state index contributed by atoms with van der Waals surface area (Å²) < 4.78 is 14.3. The van der Waals surface area contributed by atoms with Gasteiger partial charge in [-0.2, -0.15) is 0 Å². The van der Waals surface area contributed by atoms with Crippen LogP contribution in [0.25, 0.3) is 10.9 Å². The molecule has 1 saturated carbocycles. The van der Waals surface area contributed by atoms with Crippen molar-refractivity contribution in [3.8, 4) is 0 Å². The lowest BCUT2D eigenvalue weighted by molar-refractivity contribution is -0.143. The quantitative estimate of drug-likeness (QED) is 0.421. The number of hydrogen-bond donors (Lipinski definition) is 3. The summed E-state index contributed by atoms with van der Waals surface area (Å²) in [7, 11) is 0. The molecule has 2 aliphatic rings. The topological polar surface area (TPSA) is 111 Å². The van der Waals surface area contributed by atoms with Gasteiger partial charge in [-0.1, -0.05) is 46.1 Å². The van der Waals surface area contributed by atoms with Crippen LogP contribution in [0.4, 0.5) is 4.39 Å². The van der Waals surface area contributed by atoms with E-state index in [2.05, 4.69) is 15.6 Å². The molecular formula is C29H38ClFN4O4. The van der Waals surface area contributed by atoms with Gasteiger partial charge >= 0.3 is 0 Å². The molecule has 8 nitrogen and oxygen atoms in total. The predicted molar refractivity (Wildman–Crippen MR) is 148 cm³/mol. The molecule has 0 bridgehead atoms. The lowest BCUT2D eigenvalue weighted by Gasteiger charge is -2.37. The Labute approximate surface area is 233 Å². The van der Waals surface area contributed by atoms with Crippen LogP contribution < -0.4 is 10.6 Å². The first-order chi connectivity index (χ1) is 18.4. The van der Waals surface area contributed by atoms with E-state index in [1.165, 1.54) is 12.1 Å². The molecule has 1 aromatic carbocycles. The Bertz CT molecular complexity index is 1260. The number of benzene rings is 1. The molecule has 1 aliphatic carbocycles. The van der Waals surface area contributed by atoms with Gasteiger partial charge < -0.3 is 20.5 Å². The van der Waals surface area contributed by atoms with Crippen molar-refractivity contribution >= 4 is 46.0 Å². The van der Waals surface area contributed by atoms with Gasteiger partial charge in [0.15, 0.2) is 5.78 Å². The van der Waals surface area contributed by atoms with E-state index >= 15 is 0 Å². The zero-order valence-electron chi connectivity index (χ0n) is 23.0. The molecular weight excluding hydrogens is 523 g/mol. The average molecular weight is 561 g/mol. The van der Waals surface area contributed by atoms with E-state index in [4.69, 9.17) is 11.6 Å². The largest absolute Gasteiger partial charge is 0.350 e. The third kappa shape index (κ3) is 5.83. The minimum Gasteiger partial charge on any atom is -0.350 e. The van der Waals surface area contributed by atoms with Crippen LogP contribution in [-0.2, 0) is 14.4 Å². The van der Waals surface area contributed by atoms with Crippen LogP contribution in [0.1, 0.15) is 70.3 Å². The van der Waals surface area contributed by atoms with E-state index in [0.717, 1.165) is 32.1 Å². The number of likely N-dealkylation sites (tertiary alicyclic amines) is 1. The molecule has 0 spiro atoms. The maximum atomic E-state index is 14.3. The summed E-state index contributed by atoms with van der Waals surface area (Å²) in [6.45, 7) is 7.80. The van der Waals surface area contributed by atoms with Crippen LogP contribution >= 0.6 is 11.6 Å². The number of nitrogens with zero attached hydrogens (tertiary/aromatic N) is 1. The first-order valence-corrected chi connectivity index (χ1v) is 14.3. The lowest BCUT2D eigenvalue weighted by Crippen LogP contribution is -2.59. The summed E-state index contributed by atoms with van der Waals surface area (Å²) in [6.07, 6.45) is 4.53. The SMILES string of the molecule is CC(NC(=O)[C@H]1N(C(=O)C(NC(=O)c2cc3c(F)cccc3[nH]2)C2CCCCC2)C[C@@H](C)C1(C)C)C(=O)CCl. The zero-order chi connectivity index (χ0) is 28.5. The van der Waals surface area contributed by atoms with Crippen LogP contribution in [-0.4, -0.2) is 63.9 Å². The van der Waals surface area contributed by atoms with Crippen molar-refractivity contribution in [2.24, 2.45) is 17.3 Å². The van der Waals surface area contributed by atoms with E-state index in [1.807, 2.05) is 20.8 Å². The van der Waals surface area contributed by atoms with Crippen LogP contribution in [0.5, 0.6) is 0 Å². The average Bonchev–Trinajstić information content (AvgIpc) is 3.46. The van der Waals surface area contributed by atoms with Gasteiger partial charge in [-0.15, -0.1) is 11.6 Å². The second-order valence-electron chi connectivity index (χ2n) is 11.7. The standard InChI is InChI=1S/C29H38ClFN4O4/c1-16-15-35(25(29(16,3)4)27(38)32-17(2)23(36)14-30)28(39)24(18-9-6-5-7-10-18)34-26(37)22-13-19-20(31)11-8-12-21(19)33-22/h8,11-13,16-18,24-25,33H,5-7,9-10,14-15H2,1-4H3,(H,32,38)(H,34,37)/t16-,17?,24?,25-/m1/s1. The van der Waals surface area contributed by atoms with Gasteiger partial charge in [-0.3, -0.25) is 19.2 Å². The number of halogens is 2. The number of H-pyrrole nitrogens is 1. The summed E-state index contributed by atoms with van der Waals surface area (Å²) in [6, 6.07) is 3.58. The minimum absolute atomic E-state index is 0.00405. The van der Waals surface area contributed by atoms with Gasteiger partial charge in [0, 0.05) is 17.4 Å². The first kappa shape index (κ1) is 29.1. The lowest BCUT2D eigenvalue weighted by atomic mass is 9.77. The Hall–Kier alpha value is -2.94. The summed E-state index contributed by atoms with van der Waals surface area (Å²) in [5.74, 6) is -2.28. The van der Waals surface area contributed by atoms with Crippen LogP contribution in [0, 0.1) is 23.1 Å². The number of alkyl halides is 1. The molecule has 1 aromatic heterocycles. The van der Waals surface area contributed by atoms with E-state index in [-0.39, 0.29) is 35.1 Å². The van der Waals surface area contributed by atoms with E-state index in [0.29, 0.717) is 17.4 Å². The van der Waals surface area contributed by atoms with Crippen molar-refractivity contribution in [1.29, 1.82) is 0 Å². The number of fused-ring (bicyclic) bond motifs is 1. The second-order valence-corrected chi connectivity index (χ2v) is 11.9. The summed E-state index contributed by atoms with van der Waals surface area (Å²) in [5, 5.41) is 5.99. The maximum Gasteiger partial charge on any atom is 0.268 e. The van der Waals surface area contributed by atoms with Gasteiger partial charge in [0.2, 0.25) is 11.8 Å². The molecule has 2 unspecified atom stereocenters. The summed E-state index contributed by atoms with van der Waals surface area (Å²) >= 11 is 5.68. The van der Waals surface area contributed by atoms with Gasteiger partial charge in [0.1, 0.15) is 23.6 Å². The smallest absolute Gasteiger partial charge is 0.268 e. The number of carbonyl (C=O) groups is 4. The molecule has 39 heavy (non-hydrogen) atoms. The molecule has 0 radical (unpaired) electrons. The number of nitrogens with one attached hydrogen (secondary N) is 3. The van der Waals surface area contributed by atoms with Crippen LogP contribution in [0.3, 0.4) is 0 Å². The third-order valence-electron chi connectivity index (χ3n) is 8.79. The molecule has 1 saturated heterocycles. The van der Waals surface area contributed by atoms with Crippen molar-refractivity contribution in [2.45, 2.75) is 77.9 Å². The Morgan fingerprint density at radius 1 is 1.15 bits per heavy atom. The Morgan fingerprint density at radius 2 is 1.85 bits per heavy atom. The maximum absolute atomic E-state index is 14.3. The first-order valence-electron chi connectivity index (χ1n) is 13.7. The summed E-state index contributed by atoms with van der Waals surface area (Å²) in [4.78, 5) is 57.7. The van der Waals surface area contributed by atoms with Crippen LogP contribution in [0.2, 0.25) is 0 Å². The number of Topliss-reactive ketones (excluding diaryl/α,β-unsaturated/α-hetero) is 1. The molecule has 2 heterocycles. The van der Waals surface area contributed by atoms with Crippen molar-refractivity contribution in [1.82, 2.24) is 20.5 Å². The van der Waals surface area contributed by atoms with Crippen molar-refractivity contribution in [2.75, 3.05) is 12.4 Å². The van der Waals surface area contributed by atoms with Crippen molar-refractivity contribution < 1.29 is 23.6 Å². The number of ketones is 1. The molecule has 1 aliphatic heterocycles. The Kier molecular flexibility index (Phi) is 8.69. The van der Waals surface area contributed by atoms with Crippen molar-refractivity contribution in [3.05, 3.63) is 35.8 Å². The Morgan fingerprint density at radius 3 is 2.49 bits per heavy atom. The number of rotatable bonds is 8. The Balaban J connectivity index is 1.63. The number of carbonyl (C=O) groups excluding carboxylic acids is 4. The second kappa shape index (κ2) is 11.7.